The van der Waals surface area contributed by atoms with Crippen molar-refractivity contribution in [2.45, 2.75) is 53.1 Å². The Kier molecular flexibility index (Phi) is 5.96. The minimum atomic E-state index is -0.686. The Hall–Kier alpha value is -1.36. The van der Waals surface area contributed by atoms with E-state index in [9.17, 15) is 4.79 Å². The molecule has 0 spiro atoms. The SMILES string of the molecule is CCC(CC)(COc1cnc(Cl)cn1)C(=O)OC(C)(C)C. The van der Waals surface area contributed by atoms with Gasteiger partial charge in [0.05, 0.1) is 12.4 Å². The van der Waals surface area contributed by atoms with E-state index in [2.05, 4.69) is 9.97 Å². The molecule has 0 saturated heterocycles. The molecule has 1 aromatic heterocycles. The number of hydrogen-bond donors (Lipinski definition) is 0. The summed E-state index contributed by atoms with van der Waals surface area (Å²) in [6.07, 6.45) is 4.09. The number of carbonyl (C=O) groups is 1. The van der Waals surface area contributed by atoms with Crippen LogP contribution in [0.3, 0.4) is 0 Å². The molecule has 0 unspecified atom stereocenters. The smallest absolute Gasteiger partial charge is 0.316 e. The molecule has 0 radical (unpaired) electrons. The van der Waals surface area contributed by atoms with E-state index in [1.54, 1.807) is 0 Å². The van der Waals surface area contributed by atoms with Crippen molar-refractivity contribution >= 4 is 17.6 Å². The lowest BCUT2D eigenvalue weighted by molar-refractivity contribution is -0.170. The molecule has 21 heavy (non-hydrogen) atoms. The second-order valence-corrected chi connectivity index (χ2v) is 6.34. The molecule has 0 aliphatic heterocycles. The van der Waals surface area contributed by atoms with E-state index in [4.69, 9.17) is 21.1 Å². The molecule has 1 aromatic rings. The fourth-order valence-electron chi connectivity index (χ4n) is 1.78. The van der Waals surface area contributed by atoms with Crippen LogP contribution >= 0.6 is 11.6 Å². The molecule has 0 bridgehead atoms. The van der Waals surface area contributed by atoms with Gasteiger partial charge in [0, 0.05) is 0 Å². The van der Waals surface area contributed by atoms with Crippen molar-refractivity contribution in [1.82, 2.24) is 9.97 Å². The van der Waals surface area contributed by atoms with E-state index in [1.165, 1.54) is 12.4 Å². The fraction of sp³-hybridized carbons (Fsp3) is 0.667. The van der Waals surface area contributed by atoms with Crippen LogP contribution in [0.1, 0.15) is 47.5 Å². The van der Waals surface area contributed by atoms with E-state index < -0.39 is 11.0 Å². The maximum absolute atomic E-state index is 12.5. The van der Waals surface area contributed by atoms with Crippen LogP contribution in [0.25, 0.3) is 0 Å². The maximum atomic E-state index is 12.5. The second kappa shape index (κ2) is 7.07. The van der Waals surface area contributed by atoms with Gasteiger partial charge in [0.25, 0.3) is 0 Å². The van der Waals surface area contributed by atoms with Crippen LogP contribution in [-0.4, -0.2) is 28.1 Å². The molecule has 0 aliphatic rings. The lowest BCUT2D eigenvalue weighted by atomic mass is 9.83. The normalized spacial score (nSPS) is 12.1. The molecule has 0 amide bonds. The summed E-state index contributed by atoms with van der Waals surface area (Å²) in [6, 6.07) is 0. The molecule has 0 atom stereocenters. The standard InChI is InChI=1S/C15H23ClN2O3/c1-6-15(7-2,13(19)21-14(3,4)5)10-20-12-9-17-11(16)8-18-12/h8-9H,6-7,10H2,1-5H3. The Labute approximate surface area is 131 Å². The molecule has 5 nitrogen and oxygen atoms in total. The highest BCUT2D eigenvalue weighted by Crippen LogP contribution is 2.31. The highest BCUT2D eigenvalue weighted by molar-refractivity contribution is 6.29. The highest BCUT2D eigenvalue weighted by Gasteiger charge is 2.39. The third-order valence-corrected chi connectivity index (χ3v) is 3.47. The van der Waals surface area contributed by atoms with Crippen molar-refractivity contribution in [3.05, 3.63) is 17.5 Å². The first kappa shape index (κ1) is 17.7. The van der Waals surface area contributed by atoms with Crippen molar-refractivity contribution in [2.75, 3.05) is 6.61 Å². The quantitative estimate of drug-likeness (QED) is 0.750. The molecule has 6 heteroatoms. The van der Waals surface area contributed by atoms with Gasteiger partial charge in [-0.25, -0.2) is 9.97 Å². The summed E-state index contributed by atoms with van der Waals surface area (Å²) in [5, 5.41) is 0.298. The van der Waals surface area contributed by atoms with Crippen LogP contribution in [0.5, 0.6) is 5.88 Å². The topological polar surface area (TPSA) is 61.3 Å². The maximum Gasteiger partial charge on any atom is 0.316 e. The largest absolute Gasteiger partial charge is 0.475 e. The number of nitrogens with zero attached hydrogens (tertiary/aromatic N) is 2. The minimum Gasteiger partial charge on any atom is -0.475 e. The highest BCUT2D eigenvalue weighted by atomic mass is 35.5. The molecule has 118 valence electrons. The molecule has 0 fully saturated rings. The molecule has 1 heterocycles. The van der Waals surface area contributed by atoms with Crippen LogP contribution in [0.2, 0.25) is 5.15 Å². The van der Waals surface area contributed by atoms with Crippen LogP contribution < -0.4 is 4.74 Å². The number of hydrogen-bond acceptors (Lipinski definition) is 5. The van der Waals surface area contributed by atoms with Crippen LogP contribution in [0.4, 0.5) is 0 Å². The van der Waals surface area contributed by atoms with Crippen molar-refractivity contribution in [1.29, 1.82) is 0 Å². The number of esters is 1. The zero-order valence-electron chi connectivity index (χ0n) is 13.3. The van der Waals surface area contributed by atoms with Crippen molar-refractivity contribution < 1.29 is 14.3 Å². The van der Waals surface area contributed by atoms with E-state index in [0.717, 1.165) is 0 Å². The van der Waals surface area contributed by atoms with Crippen LogP contribution in [0.15, 0.2) is 12.4 Å². The van der Waals surface area contributed by atoms with Gasteiger partial charge in [-0.2, -0.15) is 0 Å². The second-order valence-electron chi connectivity index (χ2n) is 5.96. The Balaban J connectivity index is 2.80. The van der Waals surface area contributed by atoms with Gasteiger partial charge in [0.2, 0.25) is 5.88 Å². The Morgan fingerprint density at radius 2 is 1.81 bits per heavy atom. The summed E-state index contributed by atoms with van der Waals surface area (Å²) < 4.78 is 11.1. The lowest BCUT2D eigenvalue weighted by Crippen LogP contribution is -2.41. The van der Waals surface area contributed by atoms with E-state index in [0.29, 0.717) is 23.9 Å². The molecular formula is C15H23ClN2O3. The average Bonchev–Trinajstić information content (AvgIpc) is 2.40. The average molecular weight is 315 g/mol. The first-order valence-electron chi connectivity index (χ1n) is 7.06. The van der Waals surface area contributed by atoms with Gasteiger partial charge in [-0.3, -0.25) is 4.79 Å². The monoisotopic (exact) mass is 314 g/mol. The van der Waals surface area contributed by atoms with Crippen LogP contribution in [-0.2, 0) is 9.53 Å². The van der Waals surface area contributed by atoms with Gasteiger partial charge in [0.1, 0.15) is 22.8 Å². The molecular weight excluding hydrogens is 292 g/mol. The van der Waals surface area contributed by atoms with Gasteiger partial charge >= 0.3 is 5.97 Å². The summed E-state index contributed by atoms with van der Waals surface area (Å²) in [7, 11) is 0. The van der Waals surface area contributed by atoms with E-state index in [1.807, 2.05) is 34.6 Å². The number of ether oxygens (including phenoxy) is 2. The summed E-state index contributed by atoms with van der Waals surface area (Å²) in [4.78, 5) is 20.4. The Morgan fingerprint density at radius 3 is 2.24 bits per heavy atom. The van der Waals surface area contributed by atoms with Gasteiger partial charge < -0.3 is 9.47 Å². The van der Waals surface area contributed by atoms with E-state index >= 15 is 0 Å². The molecule has 1 rings (SSSR count). The predicted octanol–water partition coefficient (Wildman–Crippen LogP) is 3.66. The zero-order chi connectivity index (χ0) is 16.1. The summed E-state index contributed by atoms with van der Waals surface area (Å²) in [5.41, 5.74) is -1.21. The van der Waals surface area contributed by atoms with Crippen LogP contribution in [0, 0.1) is 5.41 Å². The van der Waals surface area contributed by atoms with Gasteiger partial charge in [-0.15, -0.1) is 0 Å². The Morgan fingerprint density at radius 1 is 1.19 bits per heavy atom. The molecule has 0 aromatic carbocycles. The molecule has 0 N–H and O–H groups in total. The van der Waals surface area contributed by atoms with Crippen molar-refractivity contribution in [3.63, 3.8) is 0 Å². The summed E-state index contributed by atoms with van der Waals surface area (Å²) in [5.74, 6) is 0.0937. The zero-order valence-corrected chi connectivity index (χ0v) is 14.0. The first-order chi connectivity index (χ1) is 9.72. The third kappa shape index (κ3) is 5.16. The van der Waals surface area contributed by atoms with Gasteiger partial charge in [-0.1, -0.05) is 25.4 Å². The molecule has 0 saturated carbocycles. The third-order valence-electron chi connectivity index (χ3n) is 3.28. The van der Waals surface area contributed by atoms with Crippen molar-refractivity contribution in [3.8, 4) is 5.88 Å². The number of rotatable bonds is 6. The van der Waals surface area contributed by atoms with Gasteiger partial charge in [0.15, 0.2) is 0 Å². The summed E-state index contributed by atoms with van der Waals surface area (Å²) >= 11 is 5.68. The summed E-state index contributed by atoms with van der Waals surface area (Å²) in [6.45, 7) is 9.66. The minimum absolute atomic E-state index is 0.200. The van der Waals surface area contributed by atoms with Gasteiger partial charge in [-0.05, 0) is 33.6 Å². The van der Waals surface area contributed by atoms with Crippen molar-refractivity contribution in [2.24, 2.45) is 5.41 Å². The molecule has 0 aliphatic carbocycles. The van der Waals surface area contributed by atoms with E-state index in [-0.39, 0.29) is 12.6 Å². The first-order valence-corrected chi connectivity index (χ1v) is 7.44. The number of aromatic nitrogens is 2. The number of carbonyl (C=O) groups excluding carboxylic acids is 1. The lowest BCUT2D eigenvalue weighted by Gasteiger charge is -2.32. The number of halogens is 1. The Bertz CT molecular complexity index is 465. The predicted molar refractivity (Wildman–Crippen MR) is 81.4 cm³/mol. The fourth-order valence-corrected chi connectivity index (χ4v) is 1.87.